The minimum atomic E-state index is -0.0969. The molecule has 5 nitrogen and oxygen atoms in total. The Balaban J connectivity index is 1.76. The average molecular weight is 291 g/mol. The van der Waals surface area contributed by atoms with Gasteiger partial charge in [0.2, 0.25) is 0 Å². The molecule has 1 aromatic rings. The van der Waals surface area contributed by atoms with Crippen molar-refractivity contribution >= 4 is 5.91 Å². The van der Waals surface area contributed by atoms with Gasteiger partial charge >= 0.3 is 0 Å². The summed E-state index contributed by atoms with van der Waals surface area (Å²) >= 11 is 0. The number of hydrogen-bond acceptors (Lipinski definition) is 4. The maximum atomic E-state index is 12.0. The molecule has 5 heteroatoms. The highest BCUT2D eigenvalue weighted by molar-refractivity contribution is 5.94. The van der Waals surface area contributed by atoms with E-state index in [1.807, 2.05) is 24.3 Å². The van der Waals surface area contributed by atoms with E-state index in [0.717, 1.165) is 31.8 Å². The molecule has 1 amide bonds. The van der Waals surface area contributed by atoms with E-state index in [0.29, 0.717) is 18.7 Å². The Labute approximate surface area is 126 Å². The van der Waals surface area contributed by atoms with Crippen LogP contribution >= 0.6 is 0 Å². The van der Waals surface area contributed by atoms with Crippen molar-refractivity contribution < 1.29 is 9.53 Å². The van der Waals surface area contributed by atoms with Crippen LogP contribution in [0.1, 0.15) is 29.8 Å². The summed E-state index contributed by atoms with van der Waals surface area (Å²) in [6.45, 7) is 8.75. The minimum Gasteiger partial charge on any atom is -0.373 e. The van der Waals surface area contributed by atoms with Crippen molar-refractivity contribution in [3.05, 3.63) is 35.4 Å². The van der Waals surface area contributed by atoms with Gasteiger partial charge in [0.1, 0.15) is 0 Å². The van der Waals surface area contributed by atoms with Crippen LogP contribution < -0.4 is 11.1 Å². The van der Waals surface area contributed by atoms with Gasteiger partial charge in [-0.25, -0.2) is 0 Å². The highest BCUT2D eigenvalue weighted by Crippen LogP contribution is 2.15. The second-order valence-corrected chi connectivity index (χ2v) is 6.04. The second-order valence-electron chi connectivity index (χ2n) is 6.04. The van der Waals surface area contributed by atoms with Crippen LogP contribution in [0.15, 0.2) is 24.3 Å². The number of ether oxygens (including phenoxy) is 1. The Bertz CT molecular complexity index is 471. The molecule has 1 aliphatic rings. The van der Waals surface area contributed by atoms with Crippen molar-refractivity contribution in [1.82, 2.24) is 10.2 Å². The molecule has 1 aliphatic heterocycles. The molecular formula is C16H25N3O2. The number of rotatable bonds is 5. The molecule has 1 aromatic carbocycles. The van der Waals surface area contributed by atoms with E-state index < -0.39 is 0 Å². The van der Waals surface area contributed by atoms with E-state index >= 15 is 0 Å². The average Bonchev–Trinajstić information content (AvgIpc) is 2.46. The van der Waals surface area contributed by atoms with Gasteiger partial charge in [-0.3, -0.25) is 9.69 Å². The Morgan fingerprint density at radius 2 is 2.10 bits per heavy atom. The van der Waals surface area contributed by atoms with Crippen LogP contribution in [0.2, 0.25) is 0 Å². The van der Waals surface area contributed by atoms with Gasteiger partial charge in [0, 0.05) is 38.3 Å². The van der Waals surface area contributed by atoms with E-state index in [4.69, 9.17) is 10.5 Å². The van der Waals surface area contributed by atoms with E-state index in [1.165, 1.54) is 0 Å². The highest BCUT2D eigenvalue weighted by atomic mass is 16.5. The summed E-state index contributed by atoms with van der Waals surface area (Å²) in [6, 6.07) is 7.41. The van der Waals surface area contributed by atoms with Gasteiger partial charge in [-0.2, -0.15) is 0 Å². The predicted molar refractivity (Wildman–Crippen MR) is 83.1 cm³/mol. The van der Waals surface area contributed by atoms with Gasteiger partial charge in [0.05, 0.1) is 12.2 Å². The first-order valence-electron chi connectivity index (χ1n) is 7.44. The molecule has 1 heterocycles. The fraction of sp³-hybridized carbons (Fsp3) is 0.562. The molecule has 0 aliphatic carbocycles. The van der Waals surface area contributed by atoms with Crippen LogP contribution in [0.4, 0.5) is 0 Å². The molecule has 0 spiro atoms. The first-order valence-corrected chi connectivity index (χ1v) is 7.44. The largest absolute Gasteiger partial charge is 0.373 e. The van der Waals surface area contributed by atoms with Gasteiger partial charge in [0.15, 0.2) is 0 Å². The van der Waals surface area contributed by atoms with Crippen LogP contribution in [0.5, 0.6) is 0 Å². The zero-order chi connectivity index (χ0) is 15.3. The highest BCUT2D eigenvalue weighted by Gasteiger charge is 2.26. The van der Waals surface area contributed by atoms with Crippen LogP contribution in [0.3, 0.4) is 0 Å². The number of nitrogens with two attached hydrogens (primary N) is 1. The number of benzene rings is 1. The summed E-state index contributed by atoms with van der Waals surface area (Å²) in [7, 11) is 0. The summed E-state index contributed by atoms with van der Waals surface area (Å²) in [4.78, 5) is 14.3. The van der Waals surface area contributed by atoms with Crippen LogP contribution in [-0.4, -0.2) is 49.2 Å². The second kappa shape index (κ2) is 7.02. The number of hydrogen-bond donors (Lipinski definition) is 2. The van der Waals surface area contributed by atoms with Crippen LogP contribution in [-0.2, 0) is 11.3 Å². The molecular weight excluding hydrogens is 266 g/mol. The normalized spacial score (nSPS) is 18.4. The predicted octanol–water partition coefficient (Wildman–Crippen LogP) is 0.986. The first kappa shape index (κ1) is 15.9. The fourth-order valence-corrected chi connectivity index (χ4v) is 2.53. The lowest BCUT2D eigenvalue weighted by Gasteiger charge is -2.38. The lowest BCUT2D eigenvalue weighted by Crippen LogP contribution is -2.50. The van der Waals surface area contributed by atoms with Crippen LogP contribution in [0, 0.1) is 0 Å². The zero-order valence-electron chi connectivity index (χ0n) is 12.9. The molecule has 0 radical (unpaired) electrons. The molecule has 1 saturated heterocycles. The smallest absolute Gasteiger partial charge is 0.251 e. The lowest BCUT2D eigenvalue weighted by molar-refractivity contribution is -0.0853. The molecule has 21 heavy (non-hydrogen) atoms. The van der Waals surface area contributed by atoms with Crippen molar-refractivity contribution in [2.45, 2.75) is 26.0 Å². The van der Waals surface area contributed by atoms with Gasteiger partial charge in [-0.15, -0.1) is 0 Å². The first-order chi connectivity index (χ1) is 10.00. The molecule has 116 valence electrons. The van der Waals surface area contributed by atoms with E-state index in [2.05, 4.69) is 24.1 Å². The number of carbonyl (C=O) groups is 1. The standard InChI is InChI=1S/C16H25N3O2/c1-16(2)12-19(9-10-21-16)8-7-18-15(20)14-5-3-13(11-17)4-6-14/h3-6H,7-12,17H2,1-2H3,(H,18,20). The molecule has 1 fully saturated rings. The number of nitrogens with zero attached hydrogens (tertiary/aromatic N) is 1. The number of carbonyl (C=O) groups excluding carboxylic acids is 1. The van der Waals surface area contributed by atoms with Gasteiger partial charge in [-0.1, -0.05) is 12.1 Å². The Hall–Kier alpha value is -1.43. The number of morpholine rings is 1. The maximum Gasteiger partial charge on any atom is 0.251 e. The van der Waals surface area contributed by atoms with Gasteiger partial charge < -0.3 is 15.8 Å². The monoisotopic (exact) mass is 291 g/mol. The Morgan fingerprint density at radius 1 is 1.38 bits per heavy atom. The molecule has 0 aromatic heterocycles. The summed E-state index contributed by atoms with van der Waals surface area (Å²) in [5.41, 5.74) is 7.15. The maximum absolute atomic E-state index is 12.0. The molecule has 0 saturated carbocycles. The lowest BCUT2D eigenvalue weighted by atomic mass is 10.1. The summed E-state index contributed by atoms with van der Waals surface area (Å²) in [5.74, 6) is -0.0360. The molecule has 0 bridgehead atoms. The van der Waals surface area contributed by atoms with Gasteiger partial charge in [0.25, 0.3) is 5.91 Å². The van der Waals surface area contributed by atoms with Crippen LogP contribution in [0.25, 0.3) is 0 Å². The quantitative estimate of drug-likeness (QED) is 0.849. The topological polar surface area (TPSA) is 67.6 Å². The van der Waals surface area contributed by atoms with Crippen molar-refractivity contribution in [2.75, 3.05) is 32.8 Å². The van der Waals surface area contributed by atoms with Gasteiger partial charge in [-0.05, 0) is 31.5 Å². The van der Waals surface area contributed by atoms with E-state index in [9.17, 15) is 4.79 Å². The third kappa shape index (κ3) is 4.81. The van der Waals surface area contributed by atoms with E-state index in [1.54, 1.807) is 0 Å². The number of nitrogens with one attached hydrogen (secondary N) is 1. The fourth-order valence-electron chi connectivity index (χ4n) is 2.53. The molecule has 0 atom stereocenters. The Kier molecular flexibility index (Phi) is 5.33. The zero-order valence-corrected chi connectivity index (χ0v) is 12.9. The van der Waals surface area contributed by atoms with Crippen molar-refractivity contribution in [3.63, 3.8) is 0 Å². The molecule has 3 N–H and O–H groups in total. The molecule has 2 rings (SSSR count). The van der Waals surface area contributed by atoms with Crippen molar-refractivity contribution in [1.29, 1.82) is 0 Å². The summed E-state index contributed by atoms with van der Waals surface area (Å²) < 4.78 is 5.67. The number of amides is 1. The minimum absolute atomic E-state index is 0.0360. The van der Waals surface area contributed by atoms with E-state index in [-0.39, 0.29) is 11.5 Å². The molecule has 0 unspecified atom stereocenters. The third-order valence-corrected chi connectivity index (χ3v) is 3.67. The Morgan fingerprint density at radius 3 is 2.71 bits per heavy atom. The summed E-state index contributed by atoms with van der Waals surface area (Å²) in [6.07, 6.45) is 0. The third-order valence-electron chi connectivity index (χ3n) is 3.67. The SMILES string of the molecule is CC1(C)CN(CCNC(=O)c2ccc(CN)cc2)CCO1. The summed E-state index contributed by atoms with van der Waals surface area (Å²) in [5, 5.41) is 2.96. The van der Waals surface area contributed by atoms with Crippen molar-refractivity contribution in [2.24, 2.45) is 5.73 Å². The van der Waals surface area contributed by atoms with Crippen molar-refractivity contribution in [3.8, 4) is 0 Å².